The summed E-state index contributed by atoms with van der Waals surface area (Å²) in [6.07, 6.45) is -0.169. The molecule has 1 amide bonds. The first-order valence-electron chi connectivity index (χ1n) is 10.2. The van der Waals surface area contributed by atoms with Crippen LogP contribution in [-0.4, -0.2) is 28.5 Å². The van der Waals surface area contributed by atoms with Crippen molar-refractivity contribution in [2.75, 3.05) is 6.73 Å². The number of hydrogen-bond donors (Lipinski definition) is 0. The minimum absolute atomic E-state index is 0.0955. The molecule has 1 aromatic heterocycles. The standard InChI is InChI=1S/C24H16ClN3O5S/c25-22-18-13-17(33-16-7-2-1-3-8-16)10-11-20(18)34-23(22)24-26-27(14-32-24)21(29)12-15-6-4-5-9-19(15)28(30)31/h1-11,13H,12,14H2. The average Bonchev–Trinajstić information content (AvgIpc) is 3.45. The third kappa shape index (κ3) is 4.30. The van der Waals surface area contributed by atoms with Gasteiger partial charge >= 0.3 is 0 Å². The second-order valence-corrected chi connectivity index (χ2v) is 8.78. The van der Waals surface area contributed by atoms with Gasteiger partial charge in [-0.2, -0.15) is 5.01 Å². The summed E-state index contributed by atoms with van der Waals surface area (Å²) in [5, 5.41) is 17.9. The molecule has 10 heteroatoms. The number of nitrogens with zero attached hydrogens (tertiary/aromatic N) is 3. The van der Waals surface area contributed by atoms with Gasteiger partial charge in [0.05, 0.1) is 16.4 Å². The van der Waals surface area contributed by atoms with Gasteiger partial charge in [-0.1, -0.05) is 48.0 Å². The number of nitro benzene ring substituents is 1. The van der Waals surface area contributed by atoms with Gasteiger partial charge in [0.2, 0.25) is 0 Å². The van der Waals surface area contributed by atoms with E-state index < -0.39 is 10.8 Å². The van der Waals surface area contributed by atoms with Crippen LogP contribution in [0.5, 0.6) is 11.5 Å². The first kappa shape index (κ1) is 21.9. The third-order valence-corrected chi connectivity index (χ3v) is 6.79. The molecular formula is C24H16ClN3O5S. The molecule has 0 atom stereocenters. The van der Waals surface area contributed by atoms with Gasteiger partial charge in [-0.15, -0.1) is 16.4 Å². The maximum Gasteiger partial charge on any atom is 0.273 e. The lowest BCUT2D eigenvalue weighted by Gasteiger charge is -2.09. The highest BCUT2D eigenvalue weighted by atomic mass is 35.5. The number of carbonyl (C=O) groups is 1. The maximum atomic E-state index is 12.7. The monoisotopic (exact) mass is 493 g/mol. The van der Waals surface area contributed by atoms with Gasteiger partial charge in [0.1, 0.15) is 16.4 Å². The number of benzene rings is 3. The smallest absolute Gasteiger partial charge is 0.273 e. The molecule has 3 aromatic carbocycles. The number of thiophene rings is 1. The van der Waals surface area contributed by atoms with Crippen LogP contribution in [0, 0.1) is 10.1 Å². The van der Waals surface area contributed by atoms with Crippen LogP contribution < -0.4 is 4.74 Å². The molecule has 2 heterocycles. The van der Waals surface area contributed by atoms with Crippen molar-refractivity contribution in [1.29, 1.82) is 0 Å². The number of hydrogen-bond acceptors (Lipinski definition) is 7. The summed E-state index contributed by atoms with van der Waals surface area (Å²) in [6, 6.07) is 21.1. The van der Waals surface area contributed by atoms with Crippen molar-refractivity contribution in [2.24, 2.45) is 5.10 Å². The van der Waals surface area contributed by atoms with E-state index in [0.29, 0.717) is 27.0 Å². The summed E-state index contributed by atoms with van der Waals surface area (Å²) < 4.78 is 12.4. The number of nitro groups is 1. The Morgan fingerprint density at radius 2 is 1.88 bits per heavy atom. The van der Waals surface area contributed by atoms with E-state index in [1.807, 2.05) is 48.5 Å². The van der Waals surface area contributed by atoms with Crippen molar-refractivity contribution in [3.05, 3.63) is 98.4 Å². The number of ether oxygens (including phenoxy) is 2. The van der Waals surface area contributed by atoms with Crippen LogP contribution in [0.1, 0.15) is 10.4 Å². The Balaban J connectivity index is 1.37. The Hall–Kier alpha value is -3.95. The van der Waals surface area contributed by atoms with Crippen LogP contribution in [0.15, 0.2) is 77.9 Å². The van der Waals surface area contributed by atoms with Gasteiger partial charge in [0, 0.05) is 21.7 Å². The van der Waals surface area contributed by atoms with Crippen molar-refractivity contribution in [3.63, 3.8) is 0 Å². The molecule has 0 fully saturated rings. The molecule has 4 aromatic rings. The lowest BCUT2D eigenvalue weighted by Crippen LogP contribution is -2.25. The maximum absolute atomic E-state index is 12.7. The first-order valence-corrected chi connectivity index (χ1v) is 11.4. The van der Waals surface area contributed by atoms with Crippen LogP contribution in [-0.2, 0) is 16.0 Å². The van der Waals surface area contributed by atoms with Crippen LogP contribution >= 0.6 is 22.9 Å². The fourth-order valence-electron chi connectivity index (χ4n) is 3.49. The zero-order valence-electron chi connectivity index (χ0n) is 17.5. The normalized spacial score (nSPS) is 13.0. The Morgan fingerprint density at radius 1 is 1.12 bits per heavy atom. The summed E-state index contributed by atoms with van der Waals surface area (Å²) >= 11 is 8.03. The zero-order chi connectivity index (χ0) is 23.7. The van der Waals surface area contributed by atoms with Gasteiger partial charge in [0.25, 0.3) is 17.5 Å². The number of hydrazone groups is 1. The van der Waals surface area contributed by atoms with Crippen molar-refractivity contribution < 1.29 is 19.2 Å². The predicted molar refractivity (Wildman–Crippen MR) is 129 cm³/mol. The van der Waals surface area contributed by atoms with E-state index in [1.54, 1.807) is 18.2 Å². The molecule has 0 saturated carbocycles. The summed E-state index contributed by atoms with van der Waals surface area (Å²) in [7, 11) is 0. The number of fused-ring (bicyclic) bond motifs is 1. The Bertz CT molecular complexity index is 1440. The molecule has 1 aliphatic heterocycles. The number of halogens is 1. The highest BCUT2D eigenvalue weighted by Crippen LogP contribution is 2.39. The molecule has 1 aliphatic rings. The van der Waals surface area contributed by atoms with Gasteiger partial charge < -0.3 is 9.47 Å². The SMILES string of the molecule is O=C(Cc1ccccc1[N+](=O)[O-])N1COC(c2sc3ccc(Oc4ccccc4)cc3c2Cl)=N1. The minimum atomic E-state index is -0.509. The third-order valence-electron chi connectivity index (χ3n) is 5.12. The summed E-state index contributed by atoms with van der Waals surface area (Å²) in [5.41, 5.74) is 0.202. The quantitative estimate of drug-likeness (QED) is 0.243. The lowest BCUT2D eigenvalue weighted by atomic mass is 10.1. The largest absolute Gasteiger partial charge is 0.457 e. The highest BCUT2D eigenvalue weighted by Gasteiger charge is 2.28. The van der Waals surface area contributed by atoms with E-state index in [0.717, 1.165) is 15.1 Å². The van der Waals surface area contributed by atoms with Crippen molar-refractivity contribution >= 4 is 50.5 Å². The molecule has 0 saturated heterocycles. The second kappa shape index (κ2) is 9.12. The van der Waals surface area contributed by atoms with Crippen molar-refractivity contribution in [3.8, 4) is 11.5 Å². The lowest BCUT2D eigenvalue weighted by molar-refractivity contribution is -0.385. The first-order chi connectivity index (χ1) is 16.5. The van der Waals surface area contributed by atoms with E-state index in [4.69, 9.17) is 21.1 Å². The fourth-order valence-corrected chi connectivity index (χ4v) is 4.92. The van der Waals surface area contributed by atoms with E-state index in [2.05, 4.69) is 5.10 Å². The number of carbonyl (C=O) groups excluding carboxylic acids is 1. The number of rotatable bonds is 6. The molecule has 0 spiro atoms. The molecule has 0 aliphatic carbocycles. The van der Waals surface area contributed by atoms with Gasteiger partial charge in [0.15, 0.2) is 6.73 Å². The molecule has 34 heavy (non-hydrogen) atoms. The molecule has 0 radical (unpaired) electrons. The van der Waals surface area contributed by atoms with Gasteiger partial charge in [-0.3, -0.25) is 14.9 Å². The average molecular weight is 494 g/mol. The van der Waals surface area contributed by atoms with Crippen LogP contribution in [0.25, 0.3) is 10.1 Å². The predicted octanol–water partition coefficient (Wildman–Crippen LogP) is 5.98. The highest BCUT2D eigenvalue weighted by molar-refractivity contribution is 7.21. The zero-order valence-corrected chi connectivity index (χ0v) is 19.1. The van der Waals surface area contributed by atoms with Crippen molar-refractivity contribution in [2.45, 2.75) is 6.42 Å². The second-order valence-electron chi connectivity index (χ2n) is 7.35. The van der Waals surface area contributed by atoms with Crippen LogP contribution in [0.2, 0.25) is 5.02 Å². The van der Waals surface area contributed by atoms with Gasteiger partial charge in [-0.25, -0.2) is 0 Å². The van der Waals surface area contributed by atoms with Crippen LogP contribution in [0.4, 0.5) is 5.69 Å². The summed E-state index contributed by atoms with van der Waals surface area (Å²) in [5.74, 6) is 1.16. The Morgan fingerprint density at radius 3 is 2.68 bits per heavy atom. The molecule has 0 unspecified atom stereocenters. The topological polar surface area (TPSA) is 94.3 Å². The minimum Gasteiger partial charge on any atom is -0.457 e. The molecule has 0 bridgehead atoms. The molecule has 5 rings (SSSR count). The van der Waals surface area contributed by atoms with Crippen LogP contribution in [0.3, 0.4) is 0 Å². The van der Waals surface area contributed by atoms with Crippen molar-refractivity contribution in [1.82, 2.24) is 5.01 Å². The van der Waals surface area contributed by atoms with E-state index in [-0.39, 0.29) is 24.7 Å². The molecule has 170 valence electrons. The summed E-state index contributed by atoms with van der Waals surface area (Å²) in [4.78, 5) is 24.0. The molecular weight excluding hydrogens is 478 g/mol. The number of amides is 1. The fraction of sp³-hybridized carbons (Fsp3) is 0.0833. The Labute approximate surface area is 202 Å². The summed E-state index contributed by atoms with van der Waals surface area (Å²) in [6.45, 7) is -0.0955. The van der Waals surface area contributed by atoms with Gasteiger partial charge in [-0.05, 0) is 30.3 Å². The van der Waals surface area contributed by atoms with E-state index >= 15 is 0 Å². The Kier molecular flexibility index (Phi) is 5.87. The number of para-hydroxylation sites is 2. The molecule has 0 N–H and O–H groups in total. The van der Waals surface area contributed by atoms with E-state index in [9.17, 15) is 14.9 Å². The van der Waals surface area contributed by atoms with E-state index in [1.165, 1.54) is 17.4 Å². The molecule has 8 nitrogen and oxygen atoms in total.